The van der Waals surface area contributed by atoms with E-state index in [1.807, 2.05) is 0 Å². The van der Waals surface area contributed by atoms with E-state index in [1.165, 1.54) is 12.1 Å². The van der Waals surface area contributed by atoms with Crippen LogP contribution < -0.4 is 21.7 Å². The molecule has 1 aromatic rings. The normalized spacial score (nSPS) is 13.3. The Morgan fingerprint density at radius 1 is 0.969 bits per heavy atom. The highest BCUT2D eigenvalue weighted by Crippen LogP contribution is 2.11. The number of aromatic hydroxyl groups is 1. The van der Waals surface area contributed by atoms with E-state index in [4.69, 9.17) is 15.9 Å². The van der Waals surface area contributed by atoms with Crippen molar-refractivity contribution < 1.29 is 39.3 Å². The zero-order valence-electron chi connectivity index (χ0n) is 17.0. The summed E-state index contributed by atoms with van der Waals surface area (Å²) >= 11 is 4.00. The van der Waals surface area contributed by atoms with E-state index in [2.05, 4.69) is 28.6 Å². The number of aliphatic carboxylic acids is 2. The molecule has 0 saturated carbocycles. The summed E-state index contributed by atoms with van der Waals surface area (Å²) in [6.45, 7) is -0.588. The molecule has 1 rings (SSSR count). The molecule has 0 heterocycles. The van der Waals surface area contributed by atoms with Crippen LogP contribution in [0, 0.1) is 0 Å². The van der Waals surface area contributed by atoms with Gasteiger partial charge in [-0.3, -0.25) is 19.2 Å². The summed E-state index contributed by atoms with van der Waals surface area (Å²) in [6, 6.07) is 2.59. The number of rotatable bonds is 13. The Morgan fingerprint density at radius 2 is 1.59 bits per heavy atom. The number of amides is 3. The molecule has 3 atom stereocenters. The zero-order chi connectivity index (χ0) is 24.3. The summed E-state index contributed by atoms with van der Waals surface area (Å²) in [7, 11) is 0. The van der Waals surface area contributed by atoms with Crippen LogP contribution in [0.4, 0.5) is 0 Å². The first-order valence-electron chi connectivity index (χ1n) is 9.49. The maximum atomic E-state index is 12.3. The molecule has 12 nitrogen and oxygen atoms in total. The molecule has 8 N–H and O–H groups in total. The maximum absolute atomic E-state index is 12.3. The Morgan fingerprint density at radius 3 is 2.12 bits per heavy atom. The maximum Gasteiger partial charge on any atom is 0.326 e. The highest BCUT2D eigenvalue weighted by atomic mass is 32.1. The average molecular weight is 471 g/mol. The van der Waals surface area contributed by atoms with Crippen molar-refractivity contribution in [3.63, 3.8) is 0 Å². The van der Waals surface area contributed by atoms with Gasteiger partial charge in [0.05, 0.1) is 12.6 Å². The predicted molar refractivity (Wildman–Crippen MR) is 115 cm³/mol. The summed E-state index contributed by atoms with van der Waals surface area (Å²) in [4.78, 5) is 58.1. The van der Waals surface area contributed by atoms with Crippen molar-refractivity contribution in [2.45, 2.75) is 37.4 Å². The lowest BCUT2D eigenvalue weighted by molar-refractivity contribution is -0.143. The van der Waals surface area contributed by atoms with Crippen molar-refractivity contribution >= 4 is 42.3 Å². The smallest absolute Gasteiger partial charge is 0.326 e. The minimum atomic E-state index is -1.42. The van der Waals surface area contributed by atoms with Crippen molar-refractivity contribution in [3.8, 4) is 5.75 Å². The number of carbonyl (C=O) groups excluding carboxylic acids is 3. The van der Waals surface area contributed by atoms with Gasteiger partial charge in [0.2, 0.25) is 17.7 Å². The van der Waals surface area contributed by atoms with E-state index >= 15 is 0 Å². The minimum Gasteiger partial charge on any atom is -0.508 e. The molecule has 0 radical (unpaired) electrons. The van der Waals surface area contributed by atoms with Crippen LogP contribution in [-0.2, 0) is 30.4 Å². The summed E-state index contributed by atoms with van der Waals surface area (Å²) in [5.41, 5.74) is 6.55. The Bertz CT molecular complexity index is 833. The molecule has 0 aliphatic heterocycles. The van der Waals surface area contributed by atoms with Crippen molar-refractivity contribution in [1.29, 1.82) is 0 Å². The van der Waals surface area contributed by atoms with Gasteiger partial charge in [-0.2, -0.15) is 12.6 Å². The number of carbonyl (C=O) groups is 5. The number of nitrogens with one attached hydrogen (secondary N) is 3. The molecular formula is C19H26N4O8S. The molecule has 0 aromatic heterocycles. The molecule has 0 spiro atoms. The van der Waals surface area contributed by atoms with Crippen LogP contribution in [0.25, 0.3) is 0 Å². The van der Waals surface area contributed by atoms with Gasteiger partial charge in [0.1, 0.15) is 17.8 Å². The van der Waals surface area contributed by atoms with Crippen LogP contribution in [-0.4, -0.2) is 75.4 Å². The van der Waals surface area contributed by atoms with Gasteiger partial charge in [-0.25, -0.2) is 4.79 Å². The Hall–Kier alpha value is -3.32. The molecule has 1 aromatic carbocycles. The first-order valence-corrected chi connectivity index (χ1v) is 10.1. The topological polar surface area (TPSA) is 208 Å². The van der Waals surface area contributed by atoms with Gasteiger partial charge in [-0.1, -0.05) is 12.1 Å². The third kappa shape index (κ3) is 9.66. The van der Waals surface area contributed by atoms with E-state index < -0.39 is 60.8 Å². The van der Waals surface area contributed by atoms with Crippen molar-refractivity contribution in [1.82, 2.24) is 16.0 Å². The fourth-order valence-corrected chi connectivity index (χ4v) is 2.77. The lowest BCUT2D eigenvalue weighted by Gasteiger charge is -2.19. The van der Waals surface area contributed by atoms with Gasteiger partial charge in [-0.05, 0) is 30.5 Å². The predicted octanol–water partition coefficient (Wildman–Crippen LogP) is -1.77. The number of benzene rings is 1. The number of carboxylic acid groups (broad SMARTS) is 2. The summed E-state index contributed by atoms with van der Waals surface area (Å²) in [5, 5.41) is 33.7. The second kappa shape index (κ2) is 13.2. The lowest BCUT2D eigenvalue weighted by Crippen LogP contribution is -2.54. The molecule has 3 unspecified atom stereocenters. The van der Waals surface area contributed by atoms with Gasteiger partial charge >= 0.3 is 11.9 Å². The number of hydrogen-bond acceptors (Lipinski definition) is 8. The summed E-state index contributed by atoms with van der Waals surface area (Å²) in [6.07, 6.45) is -0.622. The number of nitrogens with two attached hydrogens (primary N) is 1. The molecule has 0 aliphatic carbocycles. The first kappa shape index (κ1) is 26.7. The fourth-order valence-electron chi connectivity index (χ4n) is 2.51. The number of hydrogen-bond donors (Lipinski definition) is 8. The van der Waals surface area contributed by atoms with Gasteiger partial charge < -0.3 is 37.0 Å². The van der Waals surface area contributed by atoms with Gasteiger partial charge in [-0.15, -0.1) is 0 Å². The van der Waals surface area contributed by atoms with Crippen molar-refractivity contribution in [3.05, 3.63) is 29.8 Å². The number of carboxylic acids is 2. The van der Waals surface area contributed by atoms with E-state index in [0.29, 0.717) is 5.56 Å². The molecule has 0 aliphatic rings. The first-order chi connectivity index (χ1) is 15.0. The molecule has 32 heavy (non-hydrogen) atoms. The van der Waals surface area contributed by atoms with Gasteiger partial charge in [0, 0.05) is 12.2 Å². The molecule has 3 amide bonds. The zero-order valence-corrected chi connectivity index (χ0v) is 17.9. The third-order valence-corrected chi connectivity index (χ3v) is 4.61. The Labute approximate surface area is 189 Å². The second-order valence-electron chi connectivity index (χ2n) is 6.83. The Kier molecular flexibility index (Phi) is 11.0. The summed E-state index contributed by atoms with van der Waals surface area (Å²) < 4.78 is 0. The average Bonchev–Trinajstić information content (AvgIpc) is 2.74. The largest absolute Gasteiger partial charge is 0.508 e. The quantitative estimate of drug-likeness (QED) is 0.153. The standard InChI is InChI=1S/C19H26N4O8S/c20-12(7-10-1-3-11(24)4-2-10)17(28)23-14(9-32)18(29)21-8-15(25)22-13(19(30)31)5-6-16(26)27/h1-4,12-14,24,32H,5-9,20H2,(H,21,29)(H,22,25)(H,23,28)(H,26,27)(H,30,31). The van der Waals surface area contributed by atoms with Gasteiger partial charge in [0.15, 0.2) is 0 Å². The molecule has 0 bridgehead atoms. The fraction of sp³-hybridized carbons (Fsp3) is 0.421. The summed E-state index contributed by atoms with van der Waals surface area (Å²) in [5.74, 6) is -4.86. The van der Waals surface area contributed by atoms with E-state index in [0.717, 1.165) is 0 Å². The van der Waals surface area contributed by atoms with Crippen LogP contribution in [0.3, 0.4) is 0 Å². The minimum absolute atomic E-state index is 0.0687. The lowest BCUT2D eigenvalue weighted by atomic mass is 10.1. The number of phenols is 1. The Balaban J connectivity index is 2.53. The highest BCUT2D eigenvalue weighted by molar-refractivity contribution is 7.80. The second-order valence-corrected chi connectivity index (χ2v) is 7.19. The van der Waals surface area contributed by atoms with Crippen LogP contribution in [0.5, 0.6) is 5.75 Å². The van der Waals surface area contributed by atoms with Crippen molar-refractivity contribution in [2.75, 3.05) is 12.3 Å². The third-order valence-electron chi connectivity index (χ3n) is 4.25. The molecule has 13 heteroatoms. The molecule has 176 valence electrons. The van der Waals surface area contributed by atoms with Crippen LogP contribution in [0.2, 0.25) is 0 Å². The van der Waals surface area contributed by atoms with Crippen molar-refractivity contribution in [2.24, 2.45) is 5.73 Å². The number of phenolic OH excluding ortho intramolecular Hbond substituents is 1. The van der Waals surface area contributed by atoms with Crippen LogP contribution in [0.15, 0.2) is 24.3 Å². The van der Waals surface area contributed by atoms with E-state index in [1.54, 1.807) is 12.1 Å². The SMILES string of the molecule is NC(Cc1ccc(O)cc1)C(=O)NC(CS)C(=O)NCC(=O)NC(CCC(=O)O)C(=O)O. The van der Waals surface area contributed by atoms with Crippen LogP contribution in [0.1, 0.15) is 18.4 Å². The number of thiol groups is 1. The highest BCUT2D eigenvalue weighted by Gasteiger charge is 2.25. The van der Waals surface area contributed by atoms with Crippen LogP contribution >= 0.6 is 12.6 Å². The monoisotopic (exact) mass is 470 g/mol. The van der Waals surface area contributed by atoms with E-state index in [9.17, 15) is 29.1 Å². The van der Waals surface area contributed by atoms with E-state index in [-0.39, 0.29) is 24.3 Å². The molecule has 0 fully saturated rings. The van der Waals surface area contributed by atoms with Gasteiger partial charge in [0.25, 0.3) is 0 Å². The molecular weight excluding hydrogens is 444 g/mol. The molecule has 0 saturated heterocycles.